The Hall–Kier alpha value is -0.590. The van der Waals surface area contributed by atoms with E-state index in [0.29, 0.717) is 6.61 Å². The zero-order valence-electron chi connectivity index (χ0n) is 22.4. The second kappa shape index (κ2) is 17.8. The minimum absolute atomic E-state index is 0.0253. The molecule has 1 aliphatic heterocycles. The number of aryl methyl sites for hydroxylation is 1. The van der Waals surface area contributed by atoms with Crippen LogP contribution in [0, 0.1) is 6.92 Å². The number of hydrogen-bond donors (Lipinski definition) is 0. The molecule has 1 fully saturated rings. The standard InChI is InChI=1S/C29H50O4S/c1-6-10-17-30-22-25-26(31-18-11-7-2)27(32-19-12-8-3)28(33-20-13-9-4)29(34-25)24-16-14-15-23(5)21-24/h14-16,21,25-29H,6-13,17-20,22H2,1-5H3/t25-,26-,27+,28-,29+/m1/s1. The van der Waals surface area contributed by atoms with Gasteiger partial charge in [0.25, 0.3) is 0 Å². The Morgan fingerprint density at radius 1 is 0.706 bits per heavy atom. The van der Waals surface area contributed by atoms with Crippen molar-refractivity contribution in [1.29, 1.82) is 0 Å². The Labute approximate surface area is 213 Å². The van der Waals surface area contributed by atoms with Crippen molar-refractivity contribution < 1.29 is 18.9 Å². The first kappa shape index (κ1) is 29.6. The van der Waals surface area contributed by atoms with E-state index in [4.69, 9.17) is 18.9 Å². The highest BCUT2D eigenvalue weighted by Gasteiger charge is 2.48. The molecule has 34 heavy (non-hydrogen) atoms. The molecule has 5 atom stereocenters. The molecule has 0 N–H and O–H groups in total. The van der Waals surface area contributed by atoms with Gasteiger partial charge in [-0.1, -0.05) is 83.2 Å². The summed E-state index contributed by atoms with van der Waals surface area (Å²) in [5.41, 5.74) is 2.60. The summed E-state index contributed by atoms with van der Waals surface area (Å²) in [4.78, 5) is 0. The fraction of sp³-hybridized carbons (Fsp3) is 0.793. The second-order valence-electron chi connectivity index (χ2n) is 9.50. The quantitative estimate of drug-likeness (QED) is 0.197. The molecule has 5 heteroatoms. The topological polar surface area (TPSA) is 36.9 Å². The number of hydrogen-bond acceptors (Lipinski definition) is 5. The predicted octanol–water partition coefficient (Wildman–Crippen LogP) is 7.52. The summed E-state index contributed by atoms with van der Waals surface area (Å²) >= 11 is 1.97. The van der Waals surface area contributed by atoms with Crippen molar-refractivity contribution in [2.75, 3.05) is 33.0 Å². The largest absolute Gasteiger partial charge is 0.380 e. The summed E-state index contributed by atoms with van der Waals surface area (Å²) in [6, 6.07) is 8.89. The van der Waals surface area contributed by atoms with E-state index in [-0.39, 0.29) is 28.8 Å². The van der Waals surface area contributed by atoms with Gasteiger partial charge in [-0.05, 0) is 38.2 Å². The van der Waals surface area contributed by atoms with E-state index in [1.54, 1.807) is 0 Å². The molecule has 1 aliphatic rings. The van der Waals surface area contributed by atoms with Gasteiger partial charge in [0.2, 0.25) is 0 Å². The lowest BCUT2D eigenvalue weighted by molar-refractivity contribution is -0.149. The lowest BCUT2D eigenvalue weighted by Gasteiger charge is -2.46. The molecule has 0 bridgehead atoms. The molecule has 2 rings (SSSR count). The molecule has 4 nitrogen and oxygen atoms in total. The smallest absolute Gasteiger partial charge is 0.112 e. The van der Waals surface area contributed by atoms with Gasteiger partial charge in [0, 0.05) is 26.4 Å². The van der Waals surface area contributed by atoms with E-state index in [0.717, 1.165) is 77.8 Å². The molecule has 0 radical (unpaired) electrons. The van der Waals surface area contributed by atoms with Crippen LogP contribution < -0.4 is 0 Å². The van der Waals surface area contributed by atoms with Crippen LogP contribution >= 0.6 is 11.8 Å². The first-order chi connectivity index (χ1) is 16.7. The van der Waals surface area contributed by atoms with Gasteiger partial charge in [-0.2, -0.15) is 0 Å². The average Bonchev–Trinajstić information content (AvgIpc) is 2.84. The van der Waals surface area contributed by atoms with E-state index < -0.39 is 0 Å². The molecule has 0 saturated carbocycles. The molecule has 1 heterocycles. The van der Waals surface area contributed by atoms with Gasteiger partial charge in [0.1, 0.15) is 18.3 Å². The summed E-state index contributed by atoms with van der Waals surface area (Å²) < 4.78 is 26.0. The van der Waals surface area contributed by atoms with Crippen LogP contribution in [0.1, 0.15) is 95.4 Å². The molecule has 1 aromatic carbocycles. The van der Waals surface area contributed by atoms with Crippen LogP contribution in [0.25, 0.3) is 0 Å². The molecule has 0 spiro atoms. The normalized spacial score (nSPS) is 25.0. The minimum atomic E-state index is -0.0909. The fourth-order valence-electron chi connectivity index (χ4n) is 4.27. The third-order valence-corrected chi connectivity index (χ3v) is 7.94. The predicted molar refractivity (Wildman–Crippen MR) is 145 cm³/mol. The lowest BCUT2D eigenvalue weighted by Crippen LogP contribution is -2.55. The van der Waals surface area contributed by atoms with Gasteiger partial charge in [0.15, 0.2) is 0 Å². The number of unbranched alkanes of at least 4 members (excludes halogenated alkanes) is 4. The van der Waals surface area contributed by atoms with Crippen molar-refractivity contribution >= 4 is 11.8 Å². The van der Waals surface area contributed by atoms with Crippen LogP contribution in [-0.2, 0) is 18.9 Å². The Balaban J connectivity index is 2.35. The summed E-state index contributed by atoms with van der Waals surface area (Å²) in [6.45, 7) is 14.8. The van der Waals surface area contributed by atoms with Crippen LogP contribution in [0.3, 0.4) is 0 Å². The van der Waals surface area contributed by atoms with E-state index in [2.05, 4.69) is 58.9 Å². The maximum absolute atomic E-state index is 6.63. The van der Waals surface area contributed by atoms with E-state index in [1.165, 1.54) is 11.1 Å². The molecule has 0 unspecified atom stereocenters. The van der Waals surface area contributed by atoms with E-state index >= 15 is 0 Å². The highest BCUT2D eigenvalue weighted by molar-refractivity contribution is 8.00. The zero-order valence-corrected chi connectivity index (χ0v) is 23.2. The van der Waals surface area contributed by atoms with Crippen molar-refractivity contribution in [3.8, 4) is 0 Å². The Bertz CT molecular complexity index is 640. The van der Waals surface area contributed by atoms with Gasteiger partial charge in [-0.15, -0.1) is 11.8 Å². The molecular weight excluding hydrogens is 444 g/mol. The summed E-state index contributed by atoms with van der Waals surface area (Å²) in [6.07, 6.45) is 8.65. The van der Waals surface area contributed by atoms with Crippen LogP contribution in [0.4, 0.5) is 0 Å². The molecule has 0 aliphatic carbocycles. The van der Waals surface area contributed by atoms with E-state index in [1.807, 2.05) is 11.8 Å². The van der Waals surface area contributed by atoms with Gasteiger partial charge < -0.3 is 18.9 Å². The van der Waals surface area contributed by atoms with Crippen LogP contribution in [0.5, 0.6) is 0 Å². The van der Waals surface area contributed by atoms with Crippen LogP contribution in [0.15, 0.2) is 24.3 Å². The van der Waals surface area contributed by atoms with Crippen molar-refractivity contribution in [2.45, 2.75) is 115 Å². The maximum atomic E-state index is 6.63. The maximum Gasteiger partial charge on any atom is 0.112 e. The van der Waals surface area contributed by atoms with Crippen molar-refractivity contribution in [1.82, 2.24) is 0 Å². The lowest BCUT2D eigenvalue weighted by atomic mass is 9.95. The number of thioether (sulfide) groups is 1. The van der Waals surface area contributed by atoms with Crippen molar-refractivity contribution in [3.05, 3.63) is 35.4 Å². The van der Waals surface area contributed by atoms with E-state index in [9.17, 15) is 0 Å². The molecule has 0 aromatic heterocycles. The van der Waals surface area contributed by atoms with Gasteiger partial charge in [-0.3, -0.25) is 0 Å². The van der Waals surface area contributed by atoms with Crippen molar-refractivity contribution in [2.24, 2.45) is 0 Å². The average molecular weight is 495 g/mol. The van der Waals surface area contributed by atoms with Crippen LogP contribution in [-0.4, -0.2) is 56.6 Å². The Morgan fingerprint density at radius 2 is 1.26 bits per heavy atom. The molecule has 196 valence electrons. The first-order valence-corrected chi connectivity index (χ1v) is 14.7. The highest BCUT2D eigenvalue weighted by atomic mass is 32.2. The monoisotopic (exact) mass is 494 g/mol. The van der Waals surface area contributed by atoms with Gasteiger partial charge in [0.05, 0.1) is 17.1 Å². The first-order valence-electron chi connectivity index (χ1n) is 13.8. The molecule has 0 amide bonds. The molecule has 1 saturated heterocycles. The highest BCUT2D eigenvalue weighted by Crippen LogP contribution is 2.47. The van der Waals surface area contributed by atoms with Crippen molar-refractivity contribution in [3.63, 3.8) is 0 Å². The minimum Gasteiger partial charge on any atom is -0.380 e. The zero-order chi connectivity index (χ0) is 24.6. The van der Waals surface area contributed by atoms with Crippen LogP contribution in [0.2, 0.25) is 0 Å². The Morgan fingerprint density at radius 3 is 1.85 bits per heavy atom. The number of benzene rings is 1. The molecular formula is C29H50O4S. The molecule has 1 aromatic rings. The van der Waals surface area contributed by atoms with Gasteiger partial charge >= 0.3 is 0 Å². The third kappa shape index (κ3) is 9.81. The third-order valence-electron chi connectivity index (χ3n) is 6.35. The SMILES string of the molecule is CCCCOC[C@H]1S[C@@H](c2cccc(C)c2)[C@H](OCCCC)[C@@H](OCCCC)[C@@H]1OCCCC. The number of ether oxygens (including phenoxy) is 4. The summed E-state index contributed by atoms with van der Waals surface area (Å²) in [5.74, 6) is 0. The fourth-order valence-corrected chi connectivity index (χ4v) is 5.91. The summed E-state index contributed by atoms with van der Waals surface area (Å²) in [7, 11) is 0. The second-order valence-corrected chi connectivity index (χ2v) is 10.9. The number of rotatable bonds is 18. The van der Waals surface area contributed by atoms with Gasteiger partial charge in [-0.25, -0.2) is 0 Å². The Kier molecular flexibility index (Phi) is 15.5. The summed E-state index contributed by atoms with van der Waals surface area (Å²) in [5, 5.41) is 0.422.